The first-order chi connectivity index (χ1) is 12.8. The van der Waals surface area contributed by atoms with Crippen molar-refractivity contribution in [3.8, 4) is 16.2 Å². The smallest absolute Gasteiger partial charge is 0.167 e. The van der Waals surface area contributed by atoms with Gasteiger partial charge >= 0.3 is 0 Å². The van der Waals surface area contributed by atoms with Gasteiger partial charge in [0.1, 0.15) is 12.1 Å². The maximum Gasteiger partial charge on any atom is 0.167 e. The fourth-order valence-electron chi connectivity index (χ4n) is 2.54. The number of hydrazone groups is 1. The zero-order valence-corrected chi connectivity index (χ0v) is 14.9. The minimum Gasteiger partial charge on any atom is -0.497 e. The largest absolute Gasteiger partial charge is 0.497 e. The third-order valence-corrected chi connectivity index (χ3v) is 5.05. The summed E-state index contributed by atoms with van der Waals surface area (Å²) in [5, 5.41) is 4.30. The average molecular weight is 360 g/mol. The van der Waals surface area contributed by atoms with Crippen LogP contribution < -0.4 is 10.2 Å². The van der Waals surface area contributed by atoms with Gasteiger partial charge in [-0.1, -0.05) is 30.3 Å². The Morgan fingerprint density at radius 3 is 2.62 bits per heavy atom. The highest BCUT2D eigenvalue weighted by Gasteiger charge is 2.09. The highest BCUT2D eigenvalue weighted by molar-refractivity contribution is 7.22. The fraction of sp³-hybridized carbons (Fsp3) is 0.0500. The van der Waals surface area contributed by atoms with Gasteiger partial charge in [-0.25, -0.2) is 9.97 Å². The van der Waals surface area contributed by atoms with E-state index in [1.807, 2.05) is 42.5 Å². The number of hydrogen-bond donors (Lipinski definition) is 1. The van der Waals surface area contributed by atoms with Crippen molar-refractivity contribution in [3.63, 3.8) is 0 Å². The van der Waals surface area contributed by atoms with Crippen LogP contribution in [-0.4, -0.2) is 23.3 Å². The summed E-state index contributed by atoms with van der Waals surface area (Å²) in [6.45, 7) is 0. The molecule has 0 amide bonds. The first-order valence-electron chi connectivity index (χ1n) is 8.06. The molecule has 128 valence electrons. The monoisotopic (exact) mass is 360 g/mol. The number of rotatable bonds is 5. The van der Waals surface area contributed by atoms with Crippen molar-refractivity contribution in [2.24, 2.45) is 5.10 Å². The summed E-state index contributed by atoms with van der Waals surface area (Å²) in [6, 6.07) is 20.0. The lowest BCUT2D eigenvalue weighted by atomic mass is 10.2. The molecule has 0 spiro atoms. The van der Waals surface area contributed by atoms with Gasteiger partial charge in [0.2, 0.25) is 0 Å². The first-order valence-corrected chi connectivity index (χ1v) is 8.88. The molecule has 0 atom stereocenters. The molecule has 2 heterocycles. The van der Waals surface area contributed by atoms with Crippen LogP contribution in [0.2, 0.25) is 0 Å². The van der Waals surface area contributed by atoms with Gasteiger partial charge in [-0.05, 0) is 41.5 Å². The van der Waals surface area contributed by atoms with Crippen LogP contribution in [0.15, 0.2) is 72.1 Å². The van der Waals surface area contributed by atoms with Crippen molar-refractivity contribution in [2.75, 3.05) is 12.5 Å². The molecule has 0 saturated heterocycles. The number of methoxy groups -OCH3 is 1. The summed E-state index contributed by atoms with van der Waals surface area (Å²) >= 11 is 1.65. The Morgan fingerprint density at radius 2 is 1.85 bits per heavy atom. The highest BCUT2D eigenvalue weighted by Crippen LogP contribution is 2.35. The molecule has 0 radical (unpaired) electrons. The second-order valence-corrected chi connectivity index (χ2v) is 6.61. The summed E-state index contributed by atoms with van der Waals surface area (Å²) in [7, 11) is 1.65. The first kappa shape index (κ1) is 16.2. The Morgan fingerprint density at radius 1 is 1.04 bits per heavy atom. The second kappa shape index (κ2) is 7.33. The van der Waals surface area contributed by atoms with Crippen molar-refractivity contribution < 1.29 is 4.74 Å². The molecule has 5 nitrogen and oxygen atoms in total. The Balaban J connectivity index is 1.58. The number of ether oxygens (including phenoxy) is 1. The van der Waals surface area contributed by atoms with Crippen LogP contribution in [0.3, 0.4) is 0 Å². The molecule has 0 aliphatic rings. The van der Waals surface area contributed by atoms with Crippen molar-refractivity contribution in [1.29, 1.82) is 0 Å². The lowest BCUT2D eigenvalue weighted by Crippen LogP contribution is -1.94. The number of anilines is 1. The molecule has 26 heavy (non-hydrogen) atoms. The van der Waals surface area contributed by atoms with E-state index in [0.717, 1.165) is 26.4 Å². The third-order valence-electron chi connectivity index (χ3n) is 3.87. The second-order valence-electron chi connectivity index (χ2n) is 5.56. The molecule has 0 fully saturated rings. The molecular formula is C20H16N4OS. The molecule has 0 unspecified atom stereocenters. The van der Waals surface area contributed by atoms with Gasteiger partial charge in [-0.3, -0.25) is 5.43 Å². The van der Waals surface area contributed by atoms with E-state index in [1.165, 1.54) is 5.56 Å². The van der Waals surface area contributed by atoms with E-state index in [1.54, 1.807) is 31.0 Å². The minimum absolute atomic E-state index is 0.701. The van der Waals surface area contributed by atoms with Gasteiger partial charge in [0.15, 0.2) is 5.82 Å². The Kier molecular flexibility index (Phi) is 4.57. The van der Waals surface area contributed by atoms with Crippen LogP contribution in [0.1, 0.15) is 5.56 Å². The molecule has 4 aromatic rings. The maximum absolute atomic E-state index is 5.15. The van der Waals surface area contributed by atoms with Gasteiger partial charge in [0.05, 0.1) is 23.5 Å². The molecule has 2 aromatic heterocycles. The molecule has 4 rings (SSSR count). The fourth-order valence-corrected chi connectivity index (χ4v) is 3.59. The van der Waals surface area contributed by atoms with Crippen LogP contribution >= 0.6 is 11.3 Å². The van der Waals surface area contributed by atoms with Crippen LogP contribution in [-0.2, 0) is 0 Å². The minimum atomic E-state index is 0.701. The summed E-state index contributed by atoms with van der Waals surface area (Å²) in [5.41, 5.74) is 6.08. The Bertz CT molecular complexity index is 1040. The molecule has 2 aromatic carbocycles. The molecule has 6 heteroatoms. The molecule has 0 saturated carbocycles. The van der Waals surface area contributed by atoms with Crippen LogP contribution in [0.5, 0.6) is 5.75 Å². The standard InChI is InChI=1S/C20H16N4OS/c1-25-16-9-7-14(8-10-16)12-23-24-20-19-17(21-13-22-20)11-18(26-19)15-5-3-2-4-6-15/h2-13H,1H3,(H,21,22,24)/b23-12+. The quantitative estimate of drug-likeness (QED) is 0.410. The Labute approximate surface area is 155 Å². The molecule has 0 aliphatic carbocycles. The van der Waals surface area contributed by atoms with Gasteiger partial charge in [0, 0.05) is 4.88 Å². The number of nitrogens with one attached hydrogen (secondary N) is 1. The lowest BCUT2D eigenvalue weighted by molar-refractivity contribution is 0.415. The van der Waals surface area contributed by atoms with E-state index >= 15 is 0 Å². The summed E-state index contributed by atoms with van der Waals surface area (Å²) in [5.74, 6) is 1.52. The SMILES string of the molecule is COc1ccc(/C=N/Nc2ncnc3cc(-c4ccccc4)sc23)cc1. The average Bonchev–Trinajstić information content (AvgIpc) is 3.14. The predicted molar refractivity (Wildman–Crippen MR) is 107 cm³/mol. The van der Waals surface area contributed by atoms with E-state index in [0.29, 0.717) is 5.82 Å². The number of hydrogen-bond acceptors (Lipinski definition) is 6. The van der Waals surface area contributed by atoms with E-state index in [2.05, 4.69) is 38.7 Å². The number of aromatic nitrogens is 2. The zero-order chi connectivity index (χ0) is 17.8. The number of nitrogens with zero attached hydrogens (tertiary/aromatic N) is 3. The topological polar surface area (TPSA) is 59.4 Å². The normalized spacial score (nSPS) is 11.1. The zero-order valence-electron chi connectivity index (χ0n) is 14.1. The van der Waals surface area contributed by atoms with E-state index in [4.69, 9.17) is 4.74 Å². The van der Waals surface area contributed by atoms with Crippen LogP contribution in [0, 0.1) is 0 Å². The maximum atomic E-state index is 5.15. The number of fused-ring (bicyclic) bond motifs is 1. The van der Waals surface area contributed by atoms with Crippen LogP contribution in [0.25, 0.3) is 20.7 Å². The van der Waals surface area contributed by atoms with Crippen molar-refractivity contribution in [1.82, 2.24) is 9.97 Å². The van der Waals surface area contributed by atoms with Crippen molar-refractivity contribution in [2.45, 2.75) is 0 Å². The molecule has 0 bridgehead atoms. The Hall–Kier alpha value is -3.25. The van der Waals surface area contributed by atoms with Gasteiger partial charge in [-0.15, -0.1) is 11.3 Å². The van der Waals surface area contributed by atoms with Crippen molar-refractivity contribution >= 4 is 33.6 Å². The van der Waals surface area contributed by atoms with Gasteiger partial charge in [0.25, 0.3) is 0 Å². The van der Waals surface area contributed by atoms with E-state index in [-0.39, 0.29) is 0 Å². The summed E-state index contributed by atoms with van der Waals surface area (Å²) in [6.07, 6.45) is 3.30. The van der Waals surface area contributed by atoms with E-state index in [9.17, 15) is 0 Å². The van der Waals surface area contributed by atoms with Gasteiger partial charge < -0.3 is 4.74 Å². The summed E-state index contributed by atoms with van der Waals surface area (Å²) < 4.78 is 6.14. The number of thiophene rings is 1. The number of benzene rings is 2. The van der Waals surface area contributed by atoms with Gasteiger partial charge in [-0.2, -0.15) is 5.10 Å². The summed E-state index contributed by atoms with van der Waals surface area (Å²) in [4.78, 5) is 9.85. The highest BCUT2D eigenvalue weighted by atomic mass is 32.1. The molecule has 0 aliphatic heterocycles. The predicted octanol–water partition coefficient (Wildman–Crippen LogP) is 4.81. The third kappa shape index (κ3) is 3.41. The van der Waals surface area contributed by atoms with Crippen LogP contribution in [0.4, 0.5) is 5.82 Å². The lowest BCUT2D eigenvalue weighted by Gasteiger charge is -2.01. The molecule has 1 N–H and O–H groups in total. The van der Waals surface area contributed by atoms with E-state index < -0.39 is 0 Å². The molecular weight excluding hydrogens is 344 g/mol. The van der Waals surface area contributed by atoms with Crippen molar-refractivity contribution in [3.05, 3.63) is 72.6 Å².